The first-order valence-electron chi connectivity index (χ1n) is 5.29. The third-order valence-electron chi connectivity index (χ3n) is 2.27. The van der Waals surface area contributed by atoms with Crippen molar-refractivity contribution in [3.8, 4) is 0 Å². The summed E-state index contributed by atoms with van der Waals surface area (Å²) in [5, 5.41) is 3.69. The Morgan fingerprint density at radius 2 is 2.12 bits per heavy atom. The SMILES string of the molecule is Cc1cnc(Cl)c(NCc2ccnc(C)n2)c1. The molecule has 17 heavy (non-hydrogen) atoms. The molecule has 5 heteroatoms. The fourth-order valence-electron chi connectivity index (χ4n) is 1.47. The fraction of sp³-hybridized carbons (Fsp3) is 0.250. The van der Waals surface area contributed by atoms with E-state index >= 15 is 0 Å². The summed E-state index contributed by atoms with van der Waals surface area (Å²) in [5.41, 5.74) is 2.81. The molecule has 88 valence electrons. The maximum absolute atomic E-state index is 5.99. The van der Waals surface area contributed by atoms with E-state index in [1.807, 2.05) is 26.0 Å². The van der Waals surface area contributed by atoms with E-state index in [-0.39, 0.29) is 0 Å². The number of nitrogens with one attached hydrogen (secondary N) is 1. The van der Waals surface area contributed by atoms with E-state index in [0.717, 1.165) is 22.8 Å². The van der Waals surface area contributed by atoms with Gasteiger partial charge in [-0.2, -0.15) is 0 Å². The first kappa shape index (κ1) is 11.8. The van der Waals surface area contributed by atoms with E-state index in [0.29, 0.717) is 11.7 Å². The summed E-state index contributed by atoms with van der Waals surface area (Å²) in [6, 6.07) is 3.83. The molecule has 0 amide bonds. The van der Waals surface area contributed by atoms with Crippen molar-refractivity contribution in [3.63, 3.8) is 0 Å². The van der Waals surface area contributed by atoms with E-state index in [2.05, 4.69) is 20.3 Å². The number of pyridine rings is 1. The molecule has 0 atom stereocenters. The minimum Gasteiger partial charge on any atom is -0.377 e. The van der Waals surface area contributed by atoms with Gasteiger partial charge in [0.2, 0.25) is 0 Å². The molecule has 0 saturated heterocycles. The van der Waals surface area contributed by atoms with Crippen molar-refractivity contribution >= 4 is 17.3 Å². The Kier molecular flexibility index (Phi) is 3.54. The smallest absolute Gasteiger partial charge is 0.152 e. The lowest BCUT2D eigenvalue weighted by molar-refractivity contribution is 0.954. The van der Waals surface area contributed by atoms with Crippen LogP contribution in [0.25, 0.3) is 0 Å². The first-order valence-corrected chi connectivity index (χ1v) is 5.67. The van der Waals surface area contributed by atoms with Crippen LogP contribution in [0.5, 0.6) is 0 Å². The van der Waals surface area contributed by atoms with Crippen molar-refractivity contribution in [2.75, 3.05) is 5.32 Å². The van der Waals surface area contributed by atoms with Crippen molar-refractivity contribution in [3.05, 3.63) is 46.8 Å². The average Bonchev–Trinajstić information content (AvgIpc) is 2.30. The van der Waals surface area contributed by atoms with Gasteiger partial charge in [-0.15, -0.1) is 0 Å². The highest BCUT2D eigenvalue weighted by Gasteiger charge is 2.02. The lowest BCUT2D eigenvalue weighted by atomic mass is 10.3. The van der Waals surface area contributed by atoms with Crippen LogP contribution in [0.2, 0.25) is 5.15 Å². The monoisotopic (exact) mass is 248 g/mol. The lowest BCUT2D eigenvalue weighted by Crippen LogP contribution is -2.04. The Balaban J connectivity index is 2.09. The van der Waals surface area contributed by atoms with E-state index < -0.39 is 0 Å². The van der Waals surface area contributed by atoms with E-state index in [1.165, 1.54) is 0 Å². The number of hydrogen-bond acceptors (Lipinski definition) is 4. The van der Waals surface area contributed by atoms with Crippen LogP contribution in [-0.2, 0) is 6.54 Å². The highest BCUT2D eigenvalue weighted by Crippen LogP contribution is 2.20. The van der Waals surface area contributed by atoms with E-state index in [4.69, 9.17) is 11.6 Å². The fourth-order valence-corrected chi connectivity index (χ4v) is 1.64. The van der Waals surface area contributed by atoms with Gasteiger partial charge in [0.05, 0.1) is 17.9 Å². The molecule has 0 radical (unpaired) electrons. The topological polar surface area (TPSA) is 50.7 Å². The first-order chi connectivity index (χ1) is 8.15. The van der Waals surface area contributed by atoms with Crippen molar-refractivity contribution in [2.45, 2.75) is 20.4 Å². The third-order valence-corrected chi connectivity index (χ3v) is 2.57. The minimum atomic E-state index is 0.473. The summed E-state index contributed by atoms with van der Waals surface area (Å²) in [7, 11) is 0. The van der Waals surface area contributed by atoms with Gasteiger partial charge in [0.15, 0.2) is 5.15 Å². The second-order valence-electron chi connectivity index (χ2n) is 3.80. The number of rotatable bonds is 3. The largest absolute Gasteiger partial charge is 0.377 e. The molecule has 2 aromatic rings. The summed E-state index contributed by atoms with van der Waals surface area (Å²) >= 11 is 5.99. The molecule has 2 rings (SSSR count). The molecular weight excluding hydrogens is 236 g/mol. The zero-order valence-electron chi connectivity index (χ0n) is 9.74. The maximum Gasteiger partial charge on any atom is 0.152 e. The summed E-state index contributed by atoms with van der Waals surface area (Å²) in [6.07, 6.45) is 3.48. The van der Waals surface area contributed by atoms with Gasteiger partial charge < -0.3 is 5.32 Å². The number of hydrogen-bond donors (Lipinski definition) is 1. The van der Waals surface area contributed by atoms with Crippen molar-refractivity contribution < 1.29 is 0 Å². The van der Waals surface area contributed by atoms with Gasteiger partial charge in [-0.05, 0) is 31.5 Å². The summed E-state index contributed by atoms with van der Waals surface area (Å²) in [4.78, 5) is 12.4. The number of aromatic nitrogens is 3. The van der Waals surface area contributed by atoms with Gasteiger partial charge in [0, 0.05) is 12.4 Å². The standard InChI is InChI=1S/C12H13ClN4/c1-8-5-11(12(13)16-6-8)15-7-10-3-4-14-9(2)17-10/h3-6,15H,7H2,1-2H3. The van der Waals surface area contributed by atoms with Gasteiger partial charge in [-0.3, -0.25) is 0 Å². The summed E-state index contributed by atoms with van der Waals surface area (Å²) < 4.78 is 0. The van der Waals surface area contributed by atoms with Crippen LogP contribution in [0.4, 0.5) is 5.69 Å². The summed E-state index contributed by atoms with van der Waals surface area (Å²) in [6.45, 7) is 4.45. The highest BCUT2D eigenvalue weighted by molar-refractivity contribution is 6.31. The molecule has 2 heterocycles. The van der Waals surface area contributed by atoms with Crippen LogP contribution < -0.4 is 5.32 Å². The molecule has 0 bridgehead atoms. The van der Waals surface area contributed by atoms with Crippen molar-refractivity contribution in [1.29, 1.82) is 0 Å². The molecule has 1 N–H and O–H groups in total. The molecule has 0 unspecified atom stereocenters. The lowest BCUT2D eigenvalue weighted by Gasteiger charge is -2.08. The van der Waals surface area contributed by atoms with E-state index in [1.54, 1.807) is 12.4 Å². The number of aryl methyl sites for hydroxylation is 2. The molecule has 0 fully saturated rings. The quantitative estimate of drug-likeness (QED) is 0.849. The molecule has 0 aliphatic heterocycles. The number of halogens is 1. The Bertz CT molecular complexity index is 528. The second kappa shape index (κ2) is 5.10. The molecule has 0 aliphatic rings. The molecular formula is C12H13ClN4. The maximum atomic E-state index is 5.99. The second-order valence-corrected chi connectivity index (χ2v) is 4.16. The van der Waals surface area contributed by atoms with Crippen molar-refractivity contribution in [2.24, 2.45) is 0 Å². The number of anilines is 1. The molecule has 0 aliphatic carbocycles. The van der Waals surface area contributed by atoms with Crippen LogP contribution >= 0.6 is 11.6 Å². The van der Waals surface area contributed by atoms with Gasteiger partial charge in [-0.25, -0.2) is 15.0 Å². The average molecular weight is 249 g/mol. The van der Waals surface area contributed by atoms with Crippen LogP contribution in [0.15, 0.2) is 24.5 Å². The zero-order valence-corrected chi connectivity index (χ0v) is 10.5. The van der Waals surface area contributed by atoms with Crippen LogP contribution in [0.1, 0.15) is 17.1 Å². The molecule has 0 spiro atoms. The molecule has 4 nitrogen and oxygen atoms in total. The van der Waals surface area contributed by atoms with Gasteiger partial charge >= 0.3 is 0 Å². The Morgan fingerprint density at radius 1 is 1.29 bits per heavy atom. The third kappa shape index (κ3) is 3.14. The van der Waals surface area contributed by atoms with Crippen LogP contribution in [0.3, 0.4) is 0 Å². The van der Waals surface area contributed by atoms with E-state index in [9.17, 15) is 0 Å². The number of nitrogens with zero attached hydrogens (tertiary/aromatic N) is 3. The van der Waals surface area contributed by atoms with Gasteiger partial charge in [-0.1, -0.05) is 11.6 Å². The Hall–Kier alpha value is -1.68. The molecule has 2 aromatic heterocycles. The Labute approximate surface area is 105 Å². The predicted molar refractivity (Wildman–Crippen MR) is 68.1 cm³/mol. The van der Waals surface area contributed by atoms with Gasteiger partial charge in [0.1, 0.15) is 5.82 Å². The highest BCUT2D eigenvalue weighted by atomic mass is 35.5. The Morgan fingerprint density at radius 3 is 2.88 bits per heavy atom. The van der Waals surface area contributed by atoms with Crippen molar-refractivity contribution in [1.82, 2.24) is 15.0 Å². The predicted octanol–water partition coefficient (Wildman–Crippen LogP) is 2.75. The summed E-state index contributed by atoms with van der Waals surface area (Å²) in [5.74, 6) is 0.762. The normalized spacial score (nSPS) is 10.3. The van der Waals surface area contributed by atoms with Crippen LogP contribution in [0, 0.1) is 13.8 Å². The van der Waals surface area contributed by atoms with Crippen LogP contribution in [-0.4, -0.2) is 15.0 Å². The van der Waals surface area contributed by atoms with Gasteiger partial charge in [0.25, 0.3) is 0 Å². The molecule has 0 saturated carbocycles. The zero-order chi connectivity index (χ0) is 12.3. The molecule has 0 aromatic carbocycles. The minimum absolute atomic E-state index is 0.473.